The quantitative estimate of drug-likeness (QED) is 0.494. The minimum Gasteiger partial charge on any atom is -0.362 e. The van der Waals surface area contributed by atoms with Gasteiger partial charge in [0.2, 0.25) is 0 Å². The van der Waals surface area contributed by atoms with Crippen LogP contribution in [0.1, 0.15) is 55.2 Å². The molecule has 0 unspecified atom stereocenters. The number of benzene rings is 2. The predicted molar refractivity (Wildman–Crippen MR) is 128 cm³/mol. The van der Waals surface area contributed by atoms with Crippen molar-refractivity contribution in [3.63, 3.8) is 0 Å². The number of hydrogen-bond donors (Lipinski definition) is 0. The van der Waals surface area contributed by atoms with E-state index < -0.39 is 0 Å². The van der Waals surface area contributed by atoms with Gasteiger partial charge in [-0.2, -0.15) is 5.10 Å². The lowest BCUT2D eigenvalue weighted by atomic mass is 10.0. The summed E-state index contributed by atoms with van der Waals surface area (Å²) in [6.45, 7) is 9.83. The molecule has 2 aromatic carbocycles. The third-order valence-corrected chi connectivity index (χ3v) is 5.20. The van der Waals surface area contributed by atoms with Crippen LogP contribution < -0.4 is 4.90 Å². The number of carbonyl (C=O) groups is 1. The van der Waals surface area contributed by atoms with E-state index in [-0.39, 0.29) is 11.8 Å². The van der Waals surface area contributed by atoms with Gasteiger partial charge in [-0.1, -0.05) is 64.1 Å². The van der Waals surface area contributed by atoms with Gasteiger partial charge in [-0.25, -0.2) is 4.68 Å². The zero-order valence-corrected chi connectivity index (χ0v) is 19.5. The van der Waals surface area contributed by atoms with E-state index in [2.05, 4.69) is 44.7 Å². The standard InChI is InChI=1S/C26H34N4O/c1-19(2)17-29(26(31)21-13-9-7-10-14-21)18-23-24(20(3)4)27-30(25(23)28(5)6)22-15-11-8-12-16-22/h7-16,19-20H,17-18H2,1-6H3. The molecule has 164 valence electrons. The largest absolute Gasteiger partial charge is 0.362 e. The molecule has 0 saturated heterocycles. The van der Waals surface area contributed by atoms with E-state index in [1.165, 1.54) is 0 Å². The monoisotopic (exact) mass is 418 g/mol. The molecule has 0 aliphatic heterocycles. The van der Waals surface area contributed by atoms with Crippen molar-refractivity contribution in [2.45, 2.75) is 40.2 Å². The highest BCUT2D eigenvalue weighted by molar-refractivity contribution is 5.94. The predicted octanol–water partition coefficient (Wildman–Crippen LogP) is 5.36. The maximum atomic E-state index is 13.4. The van der Waals surface area contributed by atoms with Crippen molar-refractivity contribution >= 4 is 11.7 Å². The summed E-state index contributed by atoms with van der Waals surface area (Å²) < 4.78 is 2.01. The van der Waals surface area contributed by atoms with Crippen molar-refractivity contribution < 1.29 is 4.79 Å². The van der Waals surface area contributed by atoms with Crippen LogP contribution in [-0.2, 0) is 6.54 Å². The Morgan fingerprint density at radius 2 is 1.52 bits per heavy atom. The zero-order valence-electron chi connectivity index (χ0n) is 19.5. The van der Waals surface area contributed by atoms with Gasteiger partial charge in [-0.05, 0) is 36.1 Å². The summed E-state index contributed by atoms with van der Waals surface area (Å²) in [4.78, 5) is 17.5. The molecule has 0 bridgehead atoms. The maximum absolute atomic E-state index is 13.4. The van der Waals surface area contributed by atoms with Crippen molar-refractivity contribution in [2.75, 3.05) is 25.5 Å². The lowest BCUT2D eigenvalue weighted by molar-refractivity contribution is 0.0722. The van der Waals surface area contributed by atoms with E-state index in [0.29, 0.717) is 19.0 Å². The molecular formula is C26H34N4O. The fourth-order valence-corrected chi connectivity index (χ4v) is 3.90. The van der Waals surface area contributed by atoms with E-state index in [1.54, 1.807) is 0 Å². The molecule has 3 rings (SSSR count). The van der Waals surface area contributed by atoms with Gasteiger partial charge in [-0.3, -0.25) is 4.79 Å². The normalized spacial score (nSPS) is 11.2. The van der Waals surface area contributed by atoms with Gasteiger partial charge in [0.1, 0.15) is 5.82 Å². The molecule has 0 spiro atoms. The molecular weight excluding hydrogens is 384 g/mol. The molecule has 3 aromatic rings. The van der Waals surface area contributed by atoms with Gasteiger partial charge in [0, 0.05) is 31.8 Å². The summed E-state index contributed by atoms with van der Waals surface area (Å²) >= 11 is 0. The van der Waals surface area contributed by atoms with Gasteiger partial charge in [0.25, 0.3) is 5.91 Å². The average molecular weight is 419 g/mol. The highest BCUT2D eigenvalue weighted by atomic mass is 16.2. The maximum Gasteiger partial charge on any atom is 0.254 e. The molecule has 31 heavy (non-hydrogen) atoms. The Balaban J connectivity index is 2.10. The average Bonchev–Trinajstić information content (AvgIpc) is 3.13. The number of rotatable bonds is 8. The molecule has 0 atom stereocenters. The Bertz CT molecular complexity index is 991. The molecule has 0 aliphatic rings. The Hall–Kier alpha value is -3.08. The minimum atomic E-state index is 0.0566. The van der Waals surface area contributed by atoms with Crippen molar-refractivity contribution in [3.8, 4) is 5.69 Å². The number of nitrogens with zero attached hydrogens (tertiary/aromatic N) is 4. The summed E-state index contributed by atoms with van der Waals surface area (Å²) in [5.41, 5.74) is 3.87. The summed E-state index contributed by atoms with van der Waals surface area (Å²) in [6.07, 6.45) is 0. The summed E-state index contributed by atoms with van der Waals surface area (Å²) in [7, 11) is 4.08. The van der Waals surface area contributed by atoms with Crippen molar-refractivity contribution in [1.29, 1.82) is 0 Å². The first-order chi connectivity index (χ1) is 14.8. The third-order valence-electron chi connectivity index (χ3n) is 5.20. The fraction of sp³-hybridized carbons (Fsp3) is 0.385. The van der Waals surface area contributed by atoms with Crippen molar-refractivity contribution in [3.05, 3.63) is 77.5 Å². The van der Waals surface area contributed by atoms with Crippen LogP contribution in [0, 0.1) is 5.92 Å². The fourth-order valence-electron chi connectivity index (χ4n) is 3.90. The Labute approximate surface area is 186 Å². The van der Waals surface area contributed by atoms with Crippen molar-refractivity contribution in [2.24, 2.45) is 5.92 Å². The highest BCUT2D eigenvalue weighted by Crippen LogP contribution is 2.32. The first-order valence-corrected chi connectivity index (χ1v) is 11.0. The highest BCUT2D eigenvalue weighted by Gasteiger charge is 2.26. The molecule has 5 heteroatoms. The van der Waals surface area contributed by atoms with E-state index in [9.17, 15) is 4.79 Å². The SMILES string of the molecule is CC(C)CN(Cc1c(C(C)C)nn(-c2ccccc2)c1N(C)C)C(=O)c1ccccc1. The first kappa shape index (κ1) is 22.6. The molecule has 0 aliphatic carbocycles. The first-order valence-electron chi connectivity index (χ1n) is 11.0. The number of carbonyl (C=O) groups excluding carboxylic acids is 1. The van der Waals surface area contributed by atoms with Gasteiger partial charge >= 0.3 is 0 Å². The van der Waals surface area contributed by atoms with Crippen LogP contribution in [0.4, 0.5) is 5.82 Å². The molecule has 0 saturated carbocycles. The van der Waals surface area contributed by atoms with Gasteiger partial charge in [0.15, 0.2) is 0 Å². The Kier molecular flexibility index (Phi) is 7.16. The lowest BCUT2D eigenvalue weighted by Crippen LogP contribution is -2.34. The van der Waals surface area contributed by atoms with E-state index >= 15 is 0 Å². The van der Waals surface area contributed by atoms with Crippen LogP contribution in [0.15, 0.2) is 60.7 Å². The Morgan fingerprint density at radius 1 is 0.935 bits per heavy atom. The number of anilines is 1. The van der Waals surface area contributed by atoms with Crippen LogP contribution in [0.5, 0.6) is 0 Å². The molecule has 0 radical (unpaired) electrons. The number of aromatic nitrogens is 2. The van der Waals surface area contributed by atoms with E-state index in [4.69, 9.17) is 5.10 Å². The topological polar surface area (TPSA) is 41.4 Å². The molecule has 0 fully saturated rings. The van der Waals surface area contributed by atoms with Crippen LogP contribution in [0.25, 0.3) is 5.69 Å². The molecule has 1 amide bonds. The van der Waals surface area contributed by atoms with E-state index in [0.717, 1.165) is 28.3 Å². The molecule has 1 heterocycles. The number of amides is 1. The molecule has 5 nitrogen and oxygen atoms in total. The second-order valence-corrected chi connectivity index (χ2v) is 8.93. The Morgan fingerprint density at radius 3 is 2.03 bits per heavy atom. The van der Waals surface area contributed by atoms with Crippen LogP contribution in [0.3, 0.4) is 0 Å². The van der Waals surface area contributed by atoms with E-state index in [1.807, 2.05) is 72.2 Å². The number of hydrogen-bond acceptors (Lipinski definition) is 3. The van der Waals surface area contributed by atoms with Crippen LogP contribution in [-0.4, -0.2) is 41.2 Å². The molecule has 0 N–H and O–H groups in total. The minimum absolute atomic E-state index is 0.0566. The van der Waals surface area contributed by atoms with Gasteiger partial charge in [0.05, 0.1) is 17.9 Å². The van der Waals surface area contributed by atoms with Crippen LogP contribution >= 0.6 is 0 Å². The summed E-state index contributed by atoms with van der Waals surface area (Å²) in [6, 6.07) is 19.7. The summed E-state index contributed by atoms with van der Waals surface area (Å²) in [5, 5.41) is 5.00. The third kappa shape index (κ3) is 5.16. The second-order valence-electron chi connectivity index (χ2n) is 8.93. The van der Waals surface area contributed by atoms with Gasteiger partial charge in [-0.15, -0.1) is 0 Å². The van der Waals surface area contributed by atoms with Gasteiger partial charge < -0.3 is 9.80 Å². The smallest absolute Gasteiger partial charge is 0.254 e. The lowest BCUT2D eigenvalue weighted by Gasteiger charge is -2.27. The van der Waals surface area contributed by atoms with Crippen LogP contribution in [0.2, 0.25) is 0 Å². The second kappa shape index (κ2) is 9.82. The number of para-hydroxylation sites is 1. The molecule has 1 aromatic heterocycles. The van der Waals surface area contributed by atoms with Crippen molar-refractivity contribution in [1.82, 2.24) is 14.7 Å². The summed E-state index contributed by atoms with van der Waals surface area (Å²) in [5.74, 6) is 1.68. The zero-order chi connectivity index (χ0) is 22.5.